The van der Waals surface area contributed by atoms with Crippen molar-refractivity contribution in [3.8, 4) is 11.9 Å². The lowest BCUT2D eigenvalue weighted by Gasteiger charge is -2.29. The molecule has 25 heavy (non-hydrogen) atoms. The smallest absolute Gasteiger partial charge is 0.255 e. The van der Waals surface area contributed by atoms with Crippen molar-refractivity contribution < 1.29 is 13.9 Å². The number of amides is 1. The molecule has 130 valence electrons. The van der Waals surface area contributed by atoms with Gasteiger partial charge in [-0.1, -0.05) is 0 Å². The lowest BCUT2D eigenvalue weighted by Crippen LogP contribution is -2.39. The number of hydrogen-bond donors (Lipinski definition) is 1. The van der Waals surface area contributed by atoms with Crippen molar-refractivity contribution >= 4 is 5.91 Å². The Morgan fingerprint density at radius 2 is 2.08 bits per heavy atom. The number of aryl methyl sites for hydroxylation is 2. The molecule has 0 aliphatic heterocycles. The molecular formula is C19H21N3O3. The fourth-order valence-electron chi connectivity index (χ4n) is 3.13. The normalized spacial score (nSPS) is 19.9. The maximum absolute atomic E-state index is 12.3. The third-order valence-electron chi connectivity index (χ3n) is 4.45. The molecular weight excluding hydrogens is 318 g/mol. The van der Waals surface area contributed by atoms with Crippen molar-refractivity contribution in [2.75, 3.05) is 0 Å². The highest BCUT2D eigenvalue weighted by Gasteiger charge is 2.25. The van der Waals surface area contributed by atoms with Gasteiger partial charge in [0.25, 0.3) is 5.91 Å². The van der Waals surface area contributed by atoms with Gasteiger partial charge in [-0.05, 0) is 51.7 Å². The van der Waals surface area contributed by atoms with Gasteiger partial charge in [-0.25, -0.2) is 4.98 Å². The lowest BCUT2D eigenvalue weighted by atomic mass is 9.92. The average molecular weight is 339 g/mol. The molecule has 0 atom stereocenters. The van der Waals surface area contributed by atoms with Gasteiger partial charge < -0.3 is 14.5 Å². The molecule has 1 N–H and O–H groups in total. The molecule has 6 heteroatoms. The van der Waals surface area contributed by atoms with Crippen LogP contribution in [0.3, 0.4) is 0 Å². The van der Waals surface area contributed by atoms with E-state index in [2.05, 4.69) is 10.3 Å². The molecule has 0 spiro atoms. The predicted octanol–water partition coefficient (Wildman–Crippen LogP) is 3.28. The number of aromatic nitrogens is 1. The zero-order chi connectivity index (χ0) is 17.8. The lowest BCUT2D eigenvalue weighted by molar-refractivity contribution is 0.0888. The Bertz CT molecular complexity index is 781. The number of furan rings is 1. The summed E-state index contributed by atoms with van der Waals surface area (Å²) in [4.78, 5) is 16.5. The van der Waals surface area contributed by atoms with Crippen LogP contribution in [0.2, 0.25) is 0 Å². The average Bonchev–Trinajstić information content (AvgIpc) is 2.96. The Hall–Kier alpha value is -2.81. The first-order valence-electron chi connectivity index (χ1n) is 8.46. The molecule has 0 unspecified atom stereocenters. The molecule has 6 nitrogen and oxygen atoms in total. The number of ether oxygens (including phenoxy) is 1. The number of rotatable bonds is 4. The quantitative estimate of drug-likeness (QED) is 0.923. The maximum atomic E-state index is 12.3. The minimum Gasteiger partial charge on any atom is -0.474 e. The summed E-state index contributed by atoms with van der Waals surface area (Å²) in [6.45, 7) is 3.64. The van der Waals surface area contributed by atoms with Crippen molar-refractivity contribution in [2.24, 2.45) is 0 Å². The zero-order valence-electron chi connectivity index (χ0n) is 14.4. The molecule has 2 aromatic rings. The first-order chi connectivity index (χ1) is 12.0. The summed E-state index contributed by atoms with van der Waals surface area (Å²) in [6, 6.07) is 7.38. The molecule has 2 aromatic heterocycles. The minimum absolute atomic E-state index is 0.0764. The van der Waals surface area contributed by atoms with Gasteiger partial charge in [-0.15, -0.1) is 0 Å². The van der Waals surface area contributed by atoms with Crippen LogP contribution in [0.4, 0.5) is 0 Å². The third kappa shape index (κ3) is 4.18. The molecule has 1 aliphatic rings. The van der Waals surface area contributed by atoms with Gasteiger partial charge >= 0.3 is 0 Å². The number of nitriles is 1. The number of pyridine rings is 1. The zero-order valence-corrected chi connectivity index (χ0v) is 14.4. The number of carbonyl (C=O) groups excluding carboxylic acids is 1. The van der Waals surface area contributed by atoms with E-state index in [-0.39, 0.29) is 18.1 Å². The van der Waals surface area contributed by atoms with Gasteiger partial charge in [0.2, 0.25) is 5.88 Å². The van der Waals surface area contributed by atoms with Crippen molar-refractivity contribution in [1.29, 1.82) is 5.26 Å². The van der Waals surface area contributed by atoms with Gasteiger partial charge in [-0.3, -0.25) is 4.79 Å². The summed E-state index contributed by atoms with van der Waals surface area (Å²) >= 11 is 0. The van der Waals surface area contributed by atoms with Crippen LogP contribution in [0, 0.1) is 25.2 Å². The summed E-state index contributed by atoms with van der Waals surface area (Å²) < 4.78 is 11.3. The summed E-state index contributed by atoms with van der Waals surface area (Å²) in [7, 11) is 0. The summed E-state index contributed by atoms with van der Waals surface area (Å²) in [6.07, 6.45) is 5.04. The second-order valence-electron chi connectivity index (χ2n) is 6.39. The summed E-state index contributed by atoms with van der Waals surface area (Å²) in [5.41, 5.74) is 1.13. The van der Waals surface area contributed by atoms with Crippen molar-refractivity contribution in [2.45, 2.75) is 51.7 Å². The van der Waals surface area contributed by atoms with E-state index in [0.29, 0.717) is 22.8 Å². The standard InChI is InChI=1S/C19H21N3O3/c1-12-9-17(13(2)24-12)19(23)22-15-4-6-16(7-5-15)25-18-8-3-14(10-20)11-21-18/h3,8-9,11,15-16H,4-7H2,1-2H3,(H,22,23). The van der Waals surface area contributed by atoms with E-state index in [1.54, 1.807) is 25.1 Å². The van der Waals surface area contributed by atoms with E-state index in [1.165, 1.54) is 6.20 Å². The Morgan fingerprint density at radius 1 is 1.32 bits per heavy atom. The van der Waals surface area contributed by atoms with Gasteiger partial charge in [0, 0.05) is 18.3 Å². The van der Waals surface area contributed by atoms with Gasteiger partial charge in [0.15, 0.2) is 0 Å². The second-order valence-corrected chi connectivity index (χ2v) is 6.39. The Kier molecular flexibility index (Phi) is 5.03. The highest BCUT2D eigenvalue weighted by molar-refractivity contribution is 5.95. The highest BCUT2D eigenvalue weighted by Crippen LogP contribution is 2.24. The van der Waals surface area contributed by atoms with Crippen LogP contribution in [0.5, 0.6) is 5.88 Å². The topological polar surface area (TPSA) is 88.1 Å². The Balaban J connectivity index is 1.49. The van der Waals surface area contributed by atoms with Crippen LogP contribution in [-0.2, 0) is 0 Å². The number of nitrogens with zero attached hydrogens (tertiary/aromatic N) is 2. The van der Waals surface area contributed by atoms with Crippen LogP contribution < -0.4 is 10.1 Å². The molecule has 0 radical (unpaired) electrons. The number of carbonyl (C=O) groups is 1. The van der Waals surface area contributed by atoms with E-state index in [0.717, 1.165) is 31.4 Å². The number of hydrogen-bond acceptors (Lipinski definition) is 5. The SMILES string of the molecule is Cc1cc(C(=O)NC2CCC(Oc3ccc(C#N)cn3)CC2)c(C)o1. The fraction of sp³-hybridized carbons (Fsp3) is 0.421. The Morgan fingerprint density at radius 3 is 2.64 bits per heavy atom. The van der Waals surface area contributed by atoms with E-state index in [1.807, 2.05) is 13.0 Å². The number of nitrogens with one attached hydrogen (secondary N) is 1. The van der Waals surface area contributed by atoms with Gasteiger partial charge in [0.05, 0.1) is 11.1 Å². The van der Waals surface area contributed by atoms with Crippen LogP contribution in [0.15, 0.2) is 28.8 Å². The van der Waals surface area contributed by atoms with E-state index in [9.17, 15) is 4.79 Å². The molecule has 0 saturated heterocycles. The molecule has 0 aromatic carbocycles. The van der Waals surface area contributed by atoms with Crippen molar-refractivity contribution in [1.82, 2.24) is 10.3 Å². The van der Waals surface area contributed by atoms with E-state index in [4.69, 9.17) is 14.4 Å². The predicted molar refractivity (Wildman–Crippen MR) is 91.3 cm³/mol. The molecule has 0 bridgehead atoms. The first kappa shape index (κ1) is 17.0. The summed E-state index contributed by atoms with van der Waals surface area (Å²) in [5.74, 6) is 1.86. The minimum atomic E-state index is -0.0764. The van der Waals surface area contributed by atoms with Gasteiger partial charge in [0.1, 0.15) is 23.7 Å². The second kappa shape index (κ2) is 7.39. The summed E-state index contributed by atoms with van der Waals surface area (Å²) in [5, 5.41) is 11.9. The van der Waals surface area contributed by atoms with Crippen LogP contribution in [0.25, 0.3) is 0 Å². The largest absolute Gasteiger partial charge is 0.474 e. The molecule has 1 aliphatic carbocycles. The van der Waals surface area contributed by atoms with Crippen LogP contribution >= 0.6 is 0 Å². The van der Waals surface area contributed by atoms with Crippen LogP contribution in [0.1, 0.15) is 53.1 Å². The van der Waals surface area contributed by atoms with E-state index >= 15 is 0 Å². The molecule has 1 amide bonds. The molecule has 2 heterocycles. The van der Waals surface area contributed by atoms with Crippen LogP contribution in [-0.4, -0.2) is 23.0 Å². The van der Waals surface area contributed by atoms with Crippen molar-refractivity contribution in [3.05, 3.63) is 47.0 Å². The maximum Gasteiger partial charge on any atom is 0.255 e. The fourth-order valence-corrected chi connectivity index (χ4v) is 3.13. The van der Waals surface area contributed by atoms with E-state index < -0.39 is 0 Å². The highest BCUT2D eigenvalue weighted by atomic mass is 16.5. The molecule has 3 rings (SSSR count). The Labute approximate surface area is 146 Å². The monoisotopic (exact) mass is 339 g/mol. The first-order valence-corrected chi connectivity index (χ1v) is 8.46. The van der Waals surface area contributed by atoms with Gasteiger partial charge in [-0.2, -0.15) is 5.26 Å². The molecule has 1 saturated carbocycles. The van der Waals surface area contributed by atoms with Crippen molar-refractivity contribution in [3.63, 3.8) is 0 Å². The molecule has 1 fully saturated rings. The third-order valence-corrected chi connectivity index (χ3v) is 4.45.